The van der Waals surface area contributed by atoms with Gasteiger partial charge in [0.25, 0.3) is 5.56 Å². The molecule has 0 amide bonds. The van der Waals surface area contributed by atoms with Crippen LogP contribution in [0.4, 0.5) is 4.39 Å². The molecule has 0 spiro atoms. The van der Waals surface area contributed by atoms with Gasteiger partial charge in [-0.15, -0.1) is 0 Å². The van der Waals surface area contributed by atoms with Gasteiger partial charge in [-0.25, -0.2) is 17.8 Å². The van der Waals surface area contributed by atoms with E-state index in [1.165, 1.54) is 16.6 Å². The summed E-state index contributed by atoms with van der Waals surface area (Å²) in [6, 6.07) is 6.22. The average Bonchev–Trinajstić information content (AvgIpc) is 3.14. The standard InChI is InChI=1S/C19H23FN4O3S/c1-28(26,27)24-9-4-7-17(24)18-21-16-8-10-23(12-14(16)19(25)22-18)11-13-5-2-3-6-15(13)20/h2-3,5-6,17H,4,7-12H2,1H3,(H,21,22,25)/t17-/m1/s1. The van der Waals surface area contributed by atoms with Crippen LogP contribution in [0.15, 0.2) is 29.1 Å². The highest BCUT2D eigenvalue weighted by molar-refractivity contribution is 7.88. The molecule has 0 unspecified atom stereocenters. The Morgan fingerprint density at radius 1 is 1.29 bits per heavy atom. The Kier molecular flexibility index (Phi) is 5.07. The molecule has 1 fully saturated rings. The number of hydrogen-bond acceptors (Lipinski definition) is 5. The van der Waals surface area contributed by atoms with Crippen molar-refractivity contribution in [2.24, 2.45) is 0 Å². The van der Waals surface area contributed by atoms with Crippen molar-refractivity contribution in [1.82, 2.24) is 19.2 Å². The Balaban J connectivity index is 1.58. The lowest BCUT2D eigenvalue weighted by molar-refractivity contribution is 0.237. The van der Waals surface area contributed by atoms with Crippen LogP contribution in [0, 0.1) is 5.82 Å². The number of benzene rings is 1. The minimum atomic E-state index is -3.35. The van der Waals surface area contributed by atoms with Gasteiger partial charge < -0.3 is 4.98 Å². The van der Waals surface area contributed by atoms with Crippen LogP contribution in [0.1, 0.15) is 41.5 Å². The smallest absolute Gasteiger partial charge is 0.255 e. The molecule has 1 saturated heterocycles. The highest BCUT2D eigenvalue weighted by Crippen LogP contribution is 2.32. The molecule has 150 valence electrons. The molecule has 2 aliphatic rings. The third-order valence-corrected chi connectivity index (χ3v) is 6.75. The summed E-state index contributed by atoms with van der Waals surface area (Å²) in [5.41, 5.74) is 1.65. The molecule has 28 heavy (non-hydrogen) atoms. The molecule has 0 bridgehead atoms. The van der Waals surface area contributed by atoms with Gasteiger partial charge in [0, 0.05) is 38.2 Å². The first-order valence-electron chi connectivity index (χ1n) is 9.37. The van der Waals surface area contributed by atoms with Crippen molar-refractivity contribution < 1.29 is 12.8 Å². The Morgan fingerprint density at radius 2 is 2.07 bits per heavy atom. The molecule has 0 radical (unpaired) electrons. The third-order valence-electron chi connectivity index (χ3n) is 5.46. The van der Waals surface area contributed by atoms with E-state index in [0.717, 1.165) is 6.42 Å². The van der Waals surface area contributed by atoms with Gasteiger partial charge in [-0.2, -0.15) is 4.31 Å². The maximum atomic E-state index is 13.9. The third kappa shape index (κ3) is 3.74. The van der Waals surface area contributed by atoms with Gasteiger partial charge >= 0.3 is 0 Å². The zero-order valence-electron chi connectivity index (χ0n) is 15.7. The maximum Gasteiger partial charge on any atom is 0.255 e. The molecule has 1 N–H and O–H groups in total. The van der Waals surface area contributed by atoms with Crippen LogP contribution in [0.3, 0.4) is 0 Å². The van der Waals surface area contributed by atoms with Gasteiger partial charge in [0.2, 0.25) is 10.0 Å². The first-order valence-corrected chi connectivity index (χ1v) is 11.2. The van der Waals surface area contributed by atoms with Gasteiger partial charge in [-0.3, -0.25) is 9.69 Å². The number of nitrogens with one attached hydrogen (secondary N) is 1. The van der Waals surface area contributed by atoms with E-state index in [1.54, 1.807) is 18.2 Å². The molecule has 1 aromatic carbocycles. The fourth-order valence-electron chi connectivity index (χ4n) is 4.07. The van der Waals surface area contributed by atoms with Crippen molar-refractivity contribution in [2.45, 2.75) is 38.4 Å². The Hall–Kier alpha value is -2.10. The molecule has 4 rings (SSSR count). The number of fused-ring (bicyclic) bond motifs is 1. The zero-order chi connectivity index (χ0) is 19.9. The highest BCUT2D eigenvalue weighted by atomic mass is 32.2. The summed E-state index contributed by atoms with van der Waals surface area (Å²) in [6.45, 7) is 1.93. The maximum absolute atomic E-state index is 13.9. The van der Waals surface area contributed by atoms with Gasteiger partial charge in [-0.1, -0.05) is 18.2 Å². The summed E-state index contributed by atoms with van der Waals surface area (Å²) < 4.78 is 39.3. The molecule has 0 saturated carbocycles. The topological polar surface area (TPSA) is 86.4 Å². The Bertz CT molecular complexity index is 1050. The number of nitrogens with zero attached hydrogens (tertiary/aromatic N) is 3. The number of rotatable bonds is 4. The lowest BCUT2D eigenvalue weighted by atomic mass is 10.1. The lowest BCUT2D eigenvalue weighted by Crippen LogP contribution is -2.37. The molecular weight excluding hydrogens is 383 g/mol. The van der Waals surface area contributed by atoms with Crippen LogP contribution >= 0.6 is 0 Å². The molecule has 2 aliphatic heterocycles. The first-order chi connectivity index (χ1) is 13.3. The highest BCUT2D eigenvalue weighted by Gasteiger charge is 2.35. The van der Waals surface area contributed by atoms with Crippen LogP contribution in [-0.2, 0) is 29.5 Å². The Labute approximate surface area is 163 Å². The lowest BCUT2D eigenvalue weighted by Gasteiger charge is -2.29. The monoisotopic (exact) mass is 406 g/mol. The van der Waals surface area contributed by atoms with Crippen molar-refractivity contribution in [3.05, 3.63) is 63.1 Å². The fourth-order valence-corrected chi connectivity index (χ4v) is 5.20. The van der Waals surface area contributed by atoms with Gasteiger partial charge in [0.05, 0.1) is 23.6 Å². The van der Waals surface area contributed by atoms with E-state index in [-0.39, 0.29) is 11.4 Å². The molecule has 2 aromatic rings. The summed E-state index contributed by atoms with van der Waals surface area (Å²) in [4.78, 5) is 22.1. The number of aromatic nitrogens is 2. The SMILES string of the molecule is CS(=O)(=O)N1CCC[C@@H]1c1nc2c(c(=O)[nH]1)CN(Cc1ccccc1F)CC2. The molecular formula is C19H23FN4O3S. The van der Waals surface area contributed by atoms with Gasteiger partial charge in [-0.05, 0) is 18.9 Å². The largest absolute Gasteiger partial charge is 0.309 e. The summed E-state index contributed by atoms with van der Waals surface area (Å²) in [7, 11) is -3.35. The Morgan fingerprint density at radius 3 is 2.82 bits per heavy atom. The van der Waals surface area contributed by atoms with Crippen LogP contribution in [0.25, 0.3) is 0 Å². The molecule has 3 heterocycles. The van der Waals surface area contributed by atoms with Crippen LogP contribution in [0.5, 0.6) is 0 Å². The number of H-pyrrole nitrogens is 1. The van der Waals surface area contributed by atoms with Crippen molar-refractivity contribution >= 4 is 10.0 Å². The first kappa shape index (κ1) is 19.2. The van der Waals surface area contributed by atoms with Gasteiger partial charge in [0.1, 0.15) is 11.6 Å². The van der Waals surface area contributed by atoms with E-state index in [2.05, 4.69) is 9.97 Å². The van der Waals surface area contributed by atoms with E-state index in [4.69, 9.17) is 0 Å². The van der Waals surface area contributed by atoms with Crippen LogP contribution in [0.2, 0.25) is 0 Å². The van der Waals surface area contributed by atoms with E-state index >= 15 is 0 Å². The fraction of sp³-hybridized carbons (Fsp3) is 0.474. The molecule has 9 heteroatoms. The predicted molar refractivity (Wildman–Crippen MR) is 103 cm³/mol. The quantitative estimate of drug-likeness (QED) is 0.833. The number of aromatic amines is 1. The summed E-state index contributed by atoms with van der Waals surface area (Å²) in [5, 5.41) is 0. The number of sulfonamides is 1. The van der Waals surface area contributed by atoms with E-state index < -0.39 is 16.1 Å². The summed E-state index contributed by atoms with van der Waals surface area (Å²) >= 11 is 0. The summed E-state index contributed by atoms with van der Waals surface area (Å²) in [5.74, 6) is 0.173. The minimum absolute atomic E-state index is 0.237. The van der Waals surface area contributed by atoms with E-state index in [9.17, 15) is 17.6 Å². The van der Waals surface area contributed by atoms with Crippen LogP contribution in [-0.4, -0.2) is 46.9 Å². The molecule has 0 aliphatic carbocycles. The minimum Gasteiger partial charge on any atom is -0.309 e. The molecule has 1 atom stereocenters. The average molecular weight is 406 g/mol. The number of hydrogen-bond donors (Lipinski definition) is 1. The van der Waals surface area contributed by atoms with Gasteiger partial charge in [0.15, 0.2) is 0 Å². The summed E-state index contributed by atoms with van der Waals surface area (Å²) in [6.07, 6.45) is 3.15. The number of halogens is 1. The normalized spacial score (nSPS) is 21.0. The zero-order valence-corrected chi connectivity index (χ0v) is 16.5. The van der Waals surface area contributed by atoms with E-state index in [1.807, 2.05) is 4.90 Å². The van der Waals surface area contributed by atoms with Crippen LogP contribution < -0.4 is 5.56 Å². The van der Waals surface area contributed by atoms with Crippen molar-refractivity contribution in [3.63, 3.8) is 0 Å². The second-order valence-electron chi connectivity index (χ2n) is 7.46. The second kappa shape index (κ2) is 7.38. The molecule has 7 nitrogen and oxygen atoms in total. The predicted octanol–water partition coefficient (Wildman–Crippen LogP) is 1.56. The van der Waals surface area contributed by atoms with Crippen molar-refractivity contribution in [3.8, 4) is 0 Å². The molecule has 1 aromatic heterocycles. The van der Waals surface area contributed by atoms with E-state index in [0.29, 0.717) is 61.7 Å². The van der Waals surface area contributed by atoms with Crippen molar-refractivity contribution in [2.75, 3.05) is 19.3 Å². The second-order valence-corrected chi connectivity index (χ2v) is 9.40. The van der Waals surface area contributed by atoms with Crippen molar-refractivity contribution in [1.29, 1.82) is 0 Å².